The summed E-state index contributed by atoms with van der Waals surface area (Å²) >= 11 is 0. The highest BCUT2D eigenvalue weighted by Gasteiger charge is 2.11. The molecule has 3 nitrogen and oxygen atoms in total. The number of rotatable bonds is 4. The molecule has 0 aliphatic heterocycles. The normalized spacial score (nSPS) is 10.2. The lowest BCUT2D eigenvalue weighted by atomic mass is 10.0. The molecular weight excluding hydrogens is 240 g/mol. The molecule has 0 atom stereocenters. The van der Waals surface area contributed by atoms with Crippen LogP contribution in [0.3, 0.4) is 0 Å². The third kappa shape index (κ3) is 2.94. The monoisotopic (exact) mass is 256 g/mol. The van der Waals surface area contributed by atoms with Crippen LogP contribution >= 0.6 is 0 Å². The van der Waals surface area contributed by atoms with E-state index in [-0.39, 0.29) is 5.56 Å². The third-order valence-electron chi connectivity index (χ3n) is 3.13. The number of hydrogen-bond donors (Lipinski definition) is 1. The van der Waals surface area contributed by atoms with Crippen LogP contribution in [-0.2, 0) is 6.61 Å². The molecule has 0 bridgehead atoms. The van der Waals surface area contributed by atoms with Crippen LogP contribution in [0, 0.1) is 13.8 Å². The van der Waals surface area contributed by atoms with Crippen LogP contribution in [0.5, 0.6) is 5.75 Å². The summed E-state index contributed by atoms with van der Waals surface area (Å²) in [5, 5.41) is 9.09. The van der Waals surface area contributed by atoms with Gasteiger partial charge in [0.05, 0.1) is 0 Å². The fraction of sp³-hybridized carbons (Fsp3) is 0.188. The van der Waals surface area contributed by atoms with Gasteiger partial charge in [-0.1, -0.05) is 30.3 Å². The first-order valence-electron chi connectivity index (χ1n) is 6.10. The van der Waals surface area contributed by atoms with Gasteiger partial charge < -0.3 is 9.84 Å². The van der Waals surface area contributed by atoms with Gasteiger partial charge in [-0.3, -0.25) is 0 Å². The van der Waals surface area contributed by atoms with Crippen LogP contribution in [0.2, 0.25) is 0 Å². The number of para-hydroxylation sites is 1. The molecule has 0 unspecified atom stereocenters. The summed E-state index contributed by atoms with van der Waals surface area (Å²) in [6.45, 7) is 4.42. The van der Waals surface area contributed by atoms with Gasteiger partial charge in [-0.15, -0.1) is 0 Å². The van der Waals surface area contributed by atoms with E-state index in [1.807, 2.05) is 32.0 Å². The molecule has 0 radical (unpaired) electrons. The molecule has 2 rings (SSSR count). The van der Waals surface area contributed by atoms with Crippen molar-refractivity contribution in [3.05, 3.63) is 64.7 Å². The largest absolute Gasteiger partial charge is 0.488 e. The Morgan fingerprint density at radius 2 is 1.68 bits per heavy atom. The van der Waals surface area contributed by atoms with Crippen LogP contribution in [-0.4, -0.2) is 11.1 Å². The minimum atomic E-state index is -0.975. The molecule has 2 aromatic carbocycles. The summed E-state index contributed by atoms with van der Waals surface area (Å²) in [6, 6.07) is 12.7. The average Bonchev–Trinajstić information content (AvgIpc) is 2.38. The van der Waals surface area contributed by atoms with Crippen molar-refractivity contribution in [1.82, 2.24) is 0 Å². The molecule has 1 N–H and O–H groups in total. The van der Waals surface area contributed by atoms with Gasteiger partial charge in [-0.05, 0) is 42.7 Å². The molecule has 0 spiro atoms. The summed E-state index contributed by atoms with van der Waals surface area (Å²) in [7, 11) is 0. The van der Waals surface area contributed by atoms with E-state index in [1.165, 1.54) is 0 Å². The van der Waals surface area contributed by atoms with Gasteiger partial charge in [-0.2, -0.15) is 0 Å². The van der Waals surface area contributed by atoms with Crippen LogP contribution < -0.4 is 4.74 Å². The smallest absolute Gasteiger partial charge is 0.339 e. The van der Waals surface area contributed by atoms with Gasteiger partial charge in [0, 0.05) is 0 Å². The van der Waals surface area contributed by atoms with Gasteiger partial charge in [0.15, 0.2) is 0 Å². The quantitative estimate of drug-likeness (QED) is 0.909. The number of benzene rings is 2. The summed E-state index contributed by atoms with van der Waals surface area (Å²) in [4.78, 5) is 11.1. The lowest BCUT2D eigenvalue weighted by molar-refractivity contribution is 0.0692. The zero-order valence-electron chi connectivity index (χ0n) is 11.0. The van der Waals surface area contributed by atoms with Crippen LogP contribution in [0.15, 0.2) is 42.5 Å². The van der Waals surface area contributed by atoms with E-state index in [0.717, 1.165) is 16.7 Å². The standard InChI is InChI=1S/C16H16O3/c1-11-6-5-7-12(2)14(11)10-19-15-9-4-3-8-13(15)16(17)18/h3-9H,10H2,1-2H3,(H,17,18). The van der Waals surface area contributed by atoms with Crippen molar-refractivity contribution in [3.63, 3.8) is 0 Å². The number of carboxylic acids is 1. The number of aromatic carboxylic acids is 1. The lowest BCUT2D eigenvalue weighted by Crippen LogP contribution is -2.05. The van der Waals surface area contributed by atoms with E-state index in [0.29, 0.717) is 12.4 Å². The van der Waals surface area contributed by atoms with Crippen molar-refractivity contribution in [2.75, 3.05) is 0 Å². The topological polar surface area (TPSA) is 46.5 Å². The van der Waals surface area contributed by atoms with Crippen LogP contribution in [0.1, 0.15) is 27.0 Å². The number of ether oxygens (including phenoxy) is 1. The predicted octanol–water partition coefficient (Wildman–Crippen LogP) is 3.58. The Morgan fingerprint density at radius 1 is 1.05 bits per heavy atom. The fourth-order valence-corrected chi connectivity index (χ4v) is 2.00. The Bertz CT molecular complexity index is 582. The highest BCUT2D eigenvalue weighted by Crippen LogP contribution is 2.21. The molecule has 0 saturated heterocycles. The first-order chi connectivity index (χ1) is 9.09. The zero-order valence-corrected chi connectivity index (χ0v) is 11.0. The molecule has 0 aliphatic carbocycles. The predicted molar refractivity (Wildman–Crippen MR) is 73.6 cm³/mol. The molecule has 0 heterocycles. The number of aryl methyl sites for hydroxylation is 2. The molecule has 98 valence electrons. The van der Waals surface area contributed by atoms with E-state index in [2.05, 4.69) is 0 Å². The SMILES string of the molecule is Cc1cccc(C)c1COc1ccccc1C(=O)O. The minimum absolute atomic E-state index is 0.189. The lowest BCUT2D eigenvalue weighted by Gasteiger charge is -2.12. The molecule has 0 aromatic heterocycles. The Balaban J connectivity index is 2.22. The Labute approximate surface area is 112 Å². The second-order valence-electron chi connectivity index (χ2n) is 4.46. The minimum Gasteiger partial charge on any atom is -0.488 e. The summed E-state index contributed by atoms with van der Waals surface area (Å²) < 4.78 is 5.67. The van der Waals surface area contributed by atoms with Gasteiger partial charge in [-0.25, -0.2) is 4.79 Å². The van der Waals surface area contributed by atoms with Crippen molar-refractivity contribution in [2.45, 2.75) is 20.5 Å². The van der Waals surface area contributed by atoms with E-state index in [1.54, 1.807) is 24.3 Å². The number of carboxylic acid groups (broad SMARTS) is 1. The van der Waals surface area contributed by atoms with Crippen LogP contribution in [0.4, 0.5) is 0 Å². The highest BCUT2D eigenvalue weighted by molar-refractivity contribution is 5.90. The van der Waals surface area contributed by atoms with E-state index < -0.39 is 5.97 Å². The van der Waals surface area contributed by atoms with Gasteiger partial charge in [0.1, 0.15) is 17.9 Å². The zero-order chi connectivity index (χ0) is 13.8. The van der Waals surface area contributed by atoms with Crippen molar-refractivity contribution in [3.8, 4) is 5.75 Å². The molecular formula is C16H16O3. The number of carbonyl (C=O) groups is 1. The molecule has 0 amide bonds. The molecule has 19 heavy (non-hydrogen) atoms. The Morgan fingerprint density at radius 3 is 2.32 bits per heavy atom. The van der Waals surface area contributed by atoms with Gasteiger partial charge >= 0.3 is 5.97 Å². The van der Waals surface area contributed by atoms with E-state index in [4.69, 9.17) is 9.84 Å². The second-order valence-corrected chi connectivity index (χ2v) is 4.46. The number of hydrogen-bond acceptors (Lipinski definition) is 2. The first kappa shape index (κ1) is 13.1. The van der Waals surface area contributed by atoms with Gasteiger partial charge in [0.25, 0.3) is 0 Å². The third-order valence-corrected chi connectivity index (χ3v) is 3.13. The van der Waals surface area contributed by atoms with E-state index in [9.17, 15) is 4.79 Å². The first-order valence-corrected chi connectivity index (χ1v) is 6.10. The maximum atomic E-state index is 11.1. The molecule has 3 heteroatoms. The summed E-state index contributed by atoms with van der Waals surface area (Å²) in [5.41, 5.74) is 3.58. The summed E-state index contributed by atoms with van der Waals surface area (Å²) in [6.07, 6.45) is 0. The van der Waals surface area contributed by atoms with Crippen molar-refractivity contribution >= 4 is 5.97 Å². The Hall–Kier alpha value is -2.29. The van der Waals surface area contributed by atoms with Crippen molar-refractivity contribution in [1.29, 1.82) is 0 Å². The average molecular weight is 256 g/mol. The van der Waals surface area contributed by atoms with E-state index >= 15 is 0 Å². The molecule has 0 fully saturated rings. The second kappa shape index (κ2) is 5.57. The summed E-state index contributed by atoms with van der Waals surface area (Å²) in [5.74, 6) is -0.574. The molecule has 0 saturated carbocycles. The van der Waals surface area contributed by atoms with Crippen LogP contribution in [0.25, 0.3) is 0 Å². The van der Waals surface area contributed by atoms with Crippen molar-refractivity contribution in [2.24, 2.45) is 0 Å². The van der Waals surface area contributed by atoms with Crippen molar-refractivity contribution < 1.29 is 14.6 Å². The maximum absolute atomic E-state index is 11.1. The fourth-order valence-electron chi connectivity index (χ4n) is 2.00. The van der Waals surface area contributed by atoms with Gasteiger partial charge in [0.2, 0.25) is 0 Å². The maximum Gasteiger partial charge on any atom is 0.339 e. The molecule has 0 aliphatic rings. The highest BCUT2D eigenvalue weighted by atomic mass is 16.5. The Kier molecular flexibility index (Phi) is 3.85. The molecule has 2 aromatic rings.